The first kappa shape index (κ1) is 14.3. The van der Waals surface area contributed by atoms with Gasteiger partial charge < -0.3 is 10.2 Å². The Balaban J connectivity index is 2.14. The van der Waals surface area contributed by atoms with Crippen LogP contribution in [0.15, 0.2) is 24.3 Å². The topological polar surface area (TPSA) is 35.2 Å². The van der Waals surface area contributed by atoms with E-state index in [9.17, 15) is 0 Å². The Hall–Kier alpha value is -0.803. The molecule has 0 fully saturated rings. The van der Waals surface area contributed by atoms with Gasteiger partial charge >= 0.3 is 0 Å². The Labute approximate surface area is 106 Å². The van der Waals surface area contributed by atoms with E-state index in [0.29, 0.717) is 0 Å². The van der Waals surface area contributed by atoms with E-state index in [1.54, 1.807) is 0 Å². The van der Waals surface area contributed by atoms with Gasteiger partial charge in [-0.25, -0.2) is 0 Å². The first-order valence-corrected chi connectivity index (χ1v) is 9.54. The van der Waals surface area contributed by atoms with Crippen molar-refractivity contribution in [2.45, 2.75) is 44.8 Å². The Morgan fingerprint density at radius 2 is 1.71 bits per heavy atom. The maximum atomic E-state index is 5.66. The van der Waals surface area contributed by atoms with Gasteiger partial charge in [-0.1, -0.05) is 25.0 Å². The van der Waals surface area contributed by atoms with Gasteiger partial charge in [0.15, 0.2) is 8.32 Å². The number of rotatable bonds is 7. The third-order valence-electron chi connectivity index (χ3n) is 3.28. The van der Waals surface area contributed by atoms with Crippen LogP contribution in [0.25, 0.3) is 0 Å². The molecule has 1 aromatic carbocycles. The monoisotopic (exact) mass is 251 g/mol. The fourth-order valence-corrected chi connectivity index (χ4v) is 3.15. The molecule has 0 saturated carbocycles. The highest BCUT2D eigenvalue weighted by Crippen LogP contribution is 2.16. The van der Waals surface area contributed by atoms with Crippen LogP contribution < -0.4 is 5.73 Å². The number of hydrogen-bond donors (Lipinski definition) is 1. The summed E-state index contributed by atoms with van der Waals surface area (Å²) in [5, 5.41) is 0. The Morgan fingerprint density at radius 1 is 1.06 bits per heavy atom. The van der Waals surface area contributed by atoms with Crippen molar-refractivity contribution in [2.24, 2.45) is 0 Å². The van der Waals surface area contributed by atoms with Crippen molar-refractivity contribution in [1.82, 2.24) is 0 Å². The van der Waals surface area contributed by atoms with E-state index >= 15 is 0 Å². The molecule has 1 aromatic rings. The van der Waals surface area contributed by atoms with Crippen LogP contribution in [0.2, 0.25) is 19.1 Å². The highest BCUT2D eigenvalue weighted by molar-refractivity contribution is 6.71. The lowest BCUT2D eigenvalue weighted by atomic mass is 10.1. The van der Waals surface area contributed by atoms with E-state index in [1.165, 1.54) is 30.9 Å². The van der Waals surface area contributed by atoms with E-state index < -0.39 is 8.32 Å². The second kappa shape index (κ2) is 6.82. The minimum Gasteiger partial charge on any atom is -0.420 e. The van der Waals surface area contributed by atoms with Crippen LogP contribution in [0.1, 0.15) is 24.8 Å². The molecule has 0 radical (unpaired) electrons. The highest BCUT2D eigenvalue weighted by atomic mass is 28.4. The van der Waals surface area contributed by atoms with Gasteiger partial charge in [-0.2, -0.15) is 0 Å². The molecule has 17 heavy (non-hydrogen) atoms. The van der Waals surface area contributed by atoms with E-state index in [2.05, 4.69) is 25.2 Å². The number of anilines is 1. The summed E-state index contributed by atoms with van der Waals surface area (Å²) in [5.41, 5.74) is 7.90. The van der Waals surface area contributed by atoms with Gasteiger partial charge in [0.25, 0.3) is 0 Å². The minimum atomic E-state index is -1.33. The molecule has 0 aromatic heterocycles. The van der Waals surface area contributed by atoms with Crippen molar-refractivity contribution in [3.8, 4) is 0 Å². The van der Waals surface area contributed by atoms with Crippen LogP contribution in [-0.4, -0.2) is 15.4 Å². The van der Waals surface area contributed by atoms with Gasteiger partial charge in [0.05, 0.1) is 0 Å². The molecule has 0 aliphatic carbocycles. The van der Waals surface area contributed by atoms with Crippen LogP contribution >= 0.6 is 0 Å². The van der Waals surface area contributed by atoms with E-state index in [0.717, 1.165) is 12.1 Å². The van der Waals surface area contributed by atoms with Crippen LogP contribution in [0.4, 0.5) is 5.69 Å². The van der Waals surface area contributed by atoms with E-state index in [1.807, 2.05) is 19.2 Å². The SMILES string of the molecule is CO[Si](C)(C)CCCCCc1ccc(N)cc1. The maximum absolute atomic E-state index is 5.66. The average Bonchev–Trinajstić information content (AvgIpc) is 2.31. The average molecular weight is 251 g/mol. The van der Waals surface area contributed by atoms with Crippen molar-refractivity contribution in [3.63, 3.8) is 0 Å². The van der Waals surface area contributed by atoms with E-state index in [4.69, 9.17) is 10.2 Å². The molecule has 0 aliphatic rings. The van der Waals surface area contributed by atoms with Gasteiger partial charge in [0.1, 0.15) is 0 Å². The molecule has 0 spiro atoms. The zero-order valence-corrected chi connectivity index (χ0v) is 12.3. The van der Waals surface area contributed by atoms with Crippen molar-refractivity contribution in [2.75, 3.05) is 12.8 Å². The first-order chi connectivity index (χ1) is 8.03. The fraction of sp³-hybridized carbons (Fsp3) is 0.571. The molecule has 0 bridgehead atoms. The molecule has 3 heteroatoms. The zero-order valence-electron chi connectivity index (χ0n) is 11.3. The molecule has 0 heterocycles. The van der Waals surface area contributed by atoms with Crippen molar-refractivity contribution in [3.05, 3.63) is 29.8 Å². The van der Waals surface area contributed by atoms with Crippen LogP contribution in [0.3, 0.4) is 0 Å². The van der Waals surface area contributed by atoms with Crippen LogP contribution in [-0.2, 0) is 10.8 Å². The summed E-state index contributed by atoms with van der Waals surface area (Å²) in [4.78, 5) is 0. The summed E-state index contributed by atoms with van der Waals surface area (Å²) in [6.45, 7) is 4.57. The number of benzene rings is 1. The van der Waals surface area contributed by atoms with Gasteiger partial charge in [0.2, 0.25) is 0 Å². The predicted octanol–water partition coefficient (Wildman–Crippen LogP) is 3.83. The summed E-state index contributed by atoms with van der Waals surface area (Å²) in [5.74, 6) is 0. The lowest BCUT2D eigenvalue weighted by Crippen LogP contribution is -2.27. The van der Waals surface area contributed by atoms with Gasteiger partial charge in [-0.05, 0) is 49.7 Å². The molecular formula is C14H25NOSi. The Kier molecular flexibility index (Phi) is 5.72. The number of aryl methyl sites for hydroxylation is 1. The second-order valence-corrected chi connectivity index (χ2v) is 9.69. The summed E-state index contributed by atoms with van der Waals surface area (Å²) < 4.78 is 5.54. The molecule has 0 atom stereocenters. The molecule has 0 aliphatic heterocycles. The molecule has 0 amide bonds. The molecular weight excluding hydrogens is 226 g/mol. The minimum absolute atomic E-state index is 0.849. The lowest BCUT2D eigenvalue weighted by Gasteiger charge is -2.19. The molecule has 1 rings (SSSR count). The third kappa shape index (κ3) is 5.89. The Bertz CT molecular complexity index is 321. The third-order valence-corrected chi connectivity index (χ3v) is 5.94. The smallest absolute Gasteiger partial charge is 0.186 e. The van der Waals surface area contributed by atoms with Crippen LogP contribution in [0, 0.1) is 0 Å². The highest BCUT2D eigenvalue weighted by Gasteiger charge is 2.19. The van der Waals surface area contributed by atoms with Gasteiger partial charge in [0, 0.05) is 12.8 Å². The second-order valence-electron chi connectivity index (χ2n) is 5.27. The normalized spacial score (nSPS) is 11.7. The quantitative estimate of drug-likeness (QED) is 0.454. The summed E-state index contributed by atoms with van der Waals surface area (Å²) >= 11 is 0. The van der Waals surface area contributed by atoms with E-state index in [-0.39, 0.29) is 0 Å². The zero-order chi connectivity index (χ0) is 12.7. The molecule has 2 N–H and O–H groups in total. The first-order valence-electron chi connectivity index (χ1n) is 6.43. The van der Waals surface area contributed by atoms with Crippen molar-refractivity contribution in [1.29, 1.82) is 0 Å². The predicted molar refractivity (Wildman–Crippen MR) is 77.7 cm³/mol. The Morgan fingerprint density at radius 3 is 2.29 bits per heavy atom. The summed E-state index contributed by atoms with van der Waals surface area (Å²) in [6.07, 6.45) is 5.01. The van der Waals surface area contributed by atoms with Gasteiger partial charge in [-0.3, -0.25) is 0 Å². The lowest BCUT2D eigenvalue weighted by molar-refractivity contribution is 0.401. The molecule has 0 unspecified atom stereocenters. The number of nitrogens with two attached hydrogens (primary N) is 1. The molecule has 2 nitrogen and oxygen atoms in total. The van der Waals surface area contributed by atoms with Crippen LogP contribution in [0.5, 0.6) is 0 Å². The molecule has 0 saturated heterocycles. The number of nitrogen functional groups attached to an aromatic ring is 1. The summed E-state index contributed by atoms with van der Waals surface area (Å²) in [7, 11) is 0.517. The van der Waals surface area contributed by atoms with Gasteiger partial charge in [-0.15, -0.1) is 0 Å². The molecule has 96 valence electrons. The standard InChI is InChI=1S/C14H25NOSi/c1-16-17(2,3)12-6-4-5-7-13-8-10-14(15)11-9-13/h8-11H,4-7,12,15H2,1-3H3. The largest absolute Gasteiger partial charge is 0.420 e. The summed E-state index contributed by atoms with van der Waals surface area (Å²) in [6, 6.07) is 9.49. The maximum Gasteiger partial charge on any atom is 0.186 e. The number of hydrogen-bond acceptors (Lipinski definition) is 2. The fourth-order valence-electron chi connectivity index (χ4n) is 1.84. The van der Waals surface area contributed by atoms with Crippen molar-refractivity contribution >= 4 is 14.0 Å². The number of unbranched alkanes of at least 4 members (excludes halogenated alkanes) is 2. The van der Waals surface area contributed by atoms with Crippen molar-refractivity contribution < 1.29 is 4.43 Å².